The summed E-state index contributed by atoms with van der Waals surface area (Å²) in [7, 11) is -3.18. The van der Waals surface area contributed by atoms with E-state index in [4.69, 9.17) is 5.11 Å². The third-order valence-electron chi connectivity index (χ3n) is 7.80. The maximum Gasteiger partial charge on any atom is 0.416 e. The molecule has 3 N–H and O–H groups in total. The third-order valence-corrected chi connectivity index (χ3v) is 9.60. The molecule has 7 nitrogen and oxygen atoms in total. The second-order valence-electron chi connectivity index (χ2n) is 12.0. The Bertz CT molecular complexity index is 1530. The Labute approximate surface area is 250 Å². The summed E-state index contributed by atoms with van der Waals surface area (Å²) in [6, 6.07) is 16.8. The van der Waals surface area contributed by atoms with Crippen LogP contribution in [0.3, 0.4) is 0 Å². The molecule has 0 aliphatic heterocycles. The van der Waals surface area contributed by atoms with Gasteiger partial charge in [-0.25, -0.2) is 8.42 Å². The lowest BCUT2D eigenvalue weighted by molar-refractivity contribution is -0.138. The predicted octanol–water partition coefficient (Wildman–Crippen LogP) is 5.15. The van der Waals surface area contributed by atoms with Gasteiger partial charge in [-0.05, 0) is 85.0 Å². The average Bonchev–Trinajstić information content (AvgIpc) is 3.33. The fourth-order valence-electron chi connectivity index (χ4n) is 5.69. The highest BCUT2D eigenvalue weighted by Crippen LogP contribution is 2.36. The summed E-state index contributed by atoms with van der Waals surface area (Å²) in [5.74, 6) is -0.604. The van der Waals surface area contributed by atoms with Gasteiger partial charge in [0, 0.05) is 25.7 Å². The van der Waals surface area contributed by atoms with Crippen LogP contribution in [0.1, 0.15) is 42.5 Å². The maximum atomic E-state index is 13.8. The van der Waals surface area contributed by atoms with Crippen LogP contribution in [0.5, 0.6) is 0 Å². The van der Waals surface area contributed by atoms with Gasteiger partial charge in [0.2, 0.25) is 10.0 Å². The number of nitrogens with zero attached hydrogens (tertiary/aromatic N) is 1. The number of carbonyl (C=O) groups is 1. The monoisotopic (exact) mass is 618 g/mol. The number of carboxylic acids is 1. The third kappa shape index (κ3) is 8.44. The number of benzene rings is 3. The highest BCUT2D eigenvalue weighted by atomic mass is 32.2. The summed E-state index contributed by atoms with van der Waals surface area (Å²) in [4.78, 5) is 10.4. The minimum Gasteiger partial charge on any atom is -0.481 e. The summed E-state index contributed by atoms with van der Waals surface area (Å²) in [5.41, 5.74) is 2.00. The minimum atomic E-state index is -4.81. The second kappa shape index (κ2) is 12.8. The van der Waals surface area contributed by atoms with Crippen LogP contribution in [0.2, 0.25) is 0 Å². The van der Waals surface area contributed by atoms with Gasteiger partial charge in [0.25, 0.3) is 0 Å². The molecule has 1 aliphatic carbocycles. The number of hydrogen-bond donors (Lipinski definition) is 3. The Morgan fingerprint density at radius 2 is 1.60 bits per heavy atom. The van der Waals surface area contributed by atoms with Gasteiger partial charge in [-0.1, -0.05) is 48.5 Å². The van der Waals surface area contributed by atoms with Gasteiger partial charge in [-0.15, -0.1) is 0 Å². The van der Waals surface area contributed by atoms with E-state index >= 15 is 0 Å². The van der Waals surface area contributed by atoms with Gasteiger partial charge in [0.05, 0.1) is 23.0 Å². The zero-order valence-corrected chi connectivity index (χ0v) is 25.2. The van der Waals surface area contributed by atoms with Crippen molar-refractivity contribution in [3.8, 4) is 11.1 Å². The maximum absolute atomic E-state index is 13.8. The summed E-state index contributed by atoms with van der Waals surface area (Å²) < 4.78 is 69.0. The van der Waals surface area contributed by atoms with E-state index in [9.17, 15) is 31.5 Å². The Balaban J connectivity index is 1.44. The highest BCUT2D eigenvalue weighted by molar-refractivity contribution is 7.89. The zero-order chi connectivity index (χ0) is 31.6. The van der Waals surface area contributed by atoms with Crippen molar-refractivity contribution in [1.29, 1.82) is 0 Å². The fraction of sp³-hybridized carbons (Fsp3) is 0.406. The van der Waals surface area contributed by atoms with Crippen molar-refractivity contribution in [2.75, 3.05) is 20.1 Å². The molecule has 0 aromatic heterocycles. The number of alkyl halides is 3. The SMILES string of the molecule is CN(C[C@H](O)CNC(C)(C)CC1Cc2ccccc2C1)S(=O)(=O)c1cc(-c2ccc(CC(=O)O)cc2)cc(C(F)(F)F)c1. The molecule has 11 heteroatoms. The van der Waals surface area contributed by atoms with E-state index in [-0.39, 0.29) is 30.6 Å². The number of hydrogen-bond acceptors (Lipinski definition) is 5. The zero-order valence-electron chi connectivity index (χ0n) is 24.4. The normalized spacial score (nSPS) is 15.1. The molecule has 3 aromatic rings. The molecule has 0 amide bonds. The molecule has 3 aromatic carbocycles. The standard InChI is InChI=1S/C32H37F3N2O5S/c1-31(2,18-22-12-24-6-4-5-7-25(24)13-22)36-19-28(38)20-37(3)43(41,42)29-16-26(15-27(17-29)32(33,34)35)23-10-8-21(9-11-23)14-30(39)40/h4-11,15-17,22,28,36,38H,12-14,18-20H2,1-3H3,(H,39,40)/t28-/m1/s1. The van der Waals surface area contributed by atoms with Gasteiger partial charge < -0.3 is 15.5 Å². The first-order valence-corrected chi connectivity index (χ1v) is 15.5. The second-order valence-corrected chi connectivity index (χ2v) is 14.0. The number of likely N-dealkylation sites (N-methyl/N-ethyl adjacent to an activating group) is 1. The number of β-amino-alcohol motifs (C(OH)–C–C–N with tert-alkyl or cyclic N) is 1. The molecule has 232 valence electrons. The largest absolute Gasteiger partial charge is 0.481 e. The molecule has 0 radical (unpaired) electrons. The van der Waals surface area contributed by atoms with Crippen molar-refractivity contribution in [3.63, 3.8) is 0 Å². The Morgan fingerprint density at radius 3 is 2.16 bits per heavy atom. The van der Waals surface area contributed by atoms with Crippen LogP contribution in [0.4, 0.5) is 13.2 Å². The molecular weight excluding hydrogens is 581 g/mol. The Hall–Kier alpha value is -3.25. The van der Waals surface area contributed by atoms with Gasteiger partial charge in [-0.3, -0.25) is 4.79 Å². The number of halogens is 3. The highest BCUT2D eigenvalue weighted by Gasteiger charge is 2.34. The number of aliphatic hydroxyl groups is 1. The molecule has 0 saturated heterocycles. The number of rotatable bonds is 12. The molecule has 4 rings (SSSR count). The Morgan fingerprint density at radius 1 is 1.00 bits per heavy atom. The van der Waals surface area contributed by atoms with Crippen LogP contribution in [-0.4, -0.2) is 60.7 Å². The number of fused-ring (bicyclic) bond motifs is 1. The summed E-state index contributed by atoms with van der Waals surface area (Å²) in [6.45, 7) is 3.84. The number of carboxylic acid groups (broad SMARTS) is 1. The summed E-state index contributed by atoms with van der Waals surface area (Å²) in [5, 5.41) is 23.0. The molecule has 0 bridgehead atoms. The molecule has 43 heavy (non-hydrogen) atoms. The van der Waals surface area contributed by atoms with Crippen molar-refractivity contribution in [3.05, 3.63) is 89.0 Å². The molecule has 1 aliphatic rings. The number of aliphatic hydroxyl groups excluding tert-OH is 1. The van der Waals surface area contributed by atoms with Crippen LogP contribution >= 0.6 is 0 Å². The van der Waals surface area contributed by atoms with Gasteiger partial charge in [0.15, 0.2) is 0 Å². The Kier molecular flexibility index (Phi) is 9.70. The van der Waals surface area contributed by atoms with Gasteiger partial charge in [-0.2, -0.15) is 17.5 Å². The molecule has 0 fully saturated rings. The van der Waals surface area contributed by atoms with E-state index < -0.39 is 38.7 Å². The van der Waals surface area contributed by atoms with Crippen LogP contribution in [0.15, 0.2) is 71.6 Å². The lowest BCUT2D eigenvalue weighted by Crippen LogP contribution is -2.47. The molecule has 1 atom stereocenters. The van der Waals surface area contributed by atoms with Crippen molar-refractivity contribution in [2.45, 2.75) is 62.2 Å². The lowest BCUT2D eigenvalue weighted by atomic mass is 9.88. The first kappa shape index (κ1) is 32.7. The average molecular weight is 619 g/mol. The van der Waals surface area contributed by atoms with Crippen molar-refractivity contribution < 1.29 is 36.6 Å². The van der Waals surface area contributed by atoms with Crippen LogP contribution in [0, 0.1) is 5.92 Å². The smallest absolute Gasteiger partial charge is 0.416 e. The van der Waals surface area contributed by atoms with Crippen LogP contribution in [-0.2, 0) is 40.3 Å². The molecule has 0 spiro atoms. The van der Waals surface area contributed by atoms with Gasteiger partial charge in [0.1, 0.15) is 0 Å². The fourth-order valence-corrected chi connectivity index (χ4v) is 6.97. The number of aliphatic carboxylic acids is 1. The molecule has 0 unspecified atom stereocenters. The van der Waals surface area contributed by atoms with Crippen LogP contribution in [0.25, 0.3) is 11.1 Å². The van der Waals surface area contributed by atoms with E-state index in [0.29, 0.717) is 23.1 Å². The quantitative estimate of drug-likeness (QED) is 0.259. The van der Waals surface area contributed by atoms with Crippen molar-refractivity contribution in [2.24, 2.45) is 5.92 Å². The van der Waals surface area contributed by atoms with E-state index in [1.165, 1.54) is 42.4 Å². The lowest BCUT2D eigenvalue weighted by Gasteiger charge is -2.31. The van der Waals surface area contributed by atoms with Gasteiger partial charge >= 0.3 is 12.1 Å². The molecule has 0 saturated carbocycles. The first-order chi connectivity index (χ1) is 20.0. The van der Waals surface area contributed by atoms with E-state index in [2.05, 4.69) is 17.4 Å². The number of nitrogens with one attached hydrogen (secondary N) is 1. The molecular formula is C32H37F3N2O5S. The predicted molar refractivity (Wildman–Crippen MR) is 158 cm³/mol. The van der Waals surface area contributed by atoms with E-state index in [0.717, 1.165) is 35.7 Å². The minimum absolute atomic E-state index is 0.0155. The topological polar surface area (TPSA) is 107 Å². The van der Waals surface area contributed by atoms with E-state index in [1.807, 2.05) is 26.0 Å². The van der Waals surface area contributed by atoms with Crippen molar-refractivity contribution in [1.82, 2.24) is 9.62 Å². The summed E-state index contributed by atoms with van der Waals surface area (Å²) in [6.07, 6.45) is -3.35. The number of sulfonamides is 1. The summed E-state index contributed by atoms with van der Waals surface area (Å²) >= 11 is 0. The van der Waals surface area contributed by atoms with Crippen molar-refractivity contribution >= 4 is 16.0 Å². The first-order valence-electron chi connectivity index (χ1n) is 14.0. The molecule has 0 heterocycles. The van der Waals surface area contributed by atoms with Crippen LogP contribution < -0.4 is 5.32 Å². The van der Waals surface area contributed by atoms with E-state index in [1.54, 1.807) is 0 Å².